The Bertz CT molecular complexity index is 845. The molecule has 148 valence electrons. The first-order valence-corrected chi connectivity index (χ1v) is 8.80. The first kappa shape index (κ1) is 19.9. The summed E-state index contributed by atoms with van der Waals surface area (Å²) in [4.78, 5) is 24.4. The average molecular weight is 392 g/mol. The van der Waals surface area contributed by atoms with Gasteiger partial charge in [-0.1, -0.05) is 30.3 Å². The summed E-state index contributed by atoms with van der Waals surface area (Å²) in [7, 11) is 0. The Kier molecular flexibility index (Phi) is 5.99. The first-order chi connectivity index (χ1) is 13.3. The smallest absolute Gasteiger partial charge is 0.368 e. The highest BCUT2D eigenvalue weighted by Gasteiger charge is 2.30. The van der Waals surface area contributed by atoms with Gasteiger partial charge in [0.05, 0.1) is 5.56 Å². The molecular weight excluding hydrogens is 373 g/mol. The third kappa shape index (κ3) is 4.89. The van der Waals surface area contributed by atoms with Gasteiger partial charge in [-0.3, -0.25) is 20.4 Å². The lowest BCUT2D eigenvalue weighted by Gasteiger charge is -2.13. The quantitative estimate of drug-likeness (QED) is 0.785. The van der Waals surface area contributed by atoms with Gasteiger partial charge in [0, 0.05) is 12.2 Å². The minimum Gasteiger partial charge on any atom is -0.368 e. The number of rotatable bonds is 4. The van der Waals surface area contributed by atoms with Crippen LogP contribution in [0.25, 0.3) is 0 Å². The molecule has 1 aliphatic rings. The fourth-order valence-corrected chi connectivity index (χ4v) is 2.98. The van der Waals surface area contributed by atoms with Gasteiger partial charge in [-0.2, -0.15) is 13.2 Å². The van der Waals surface area contributed by atoms with Crippen LogP contribution in [0.5, 0.6) is 0 Å². The standard InChI is InChI=1S/C20H19F3N2O3/c21-20(22,23)15-9-7-13(8-10-15)12-14-4-1-2-5-16(14)18(26)24-25-19(27)17-6-3-11-28-17/h1-2,4-5,7-10,17H,3,6,11-12H2,(H,24,26)(H,25,27). The normalized spacial score (nSPS) is 16.6. The molecule has 1 unspecified atom stereocenters. The second kappa shape index (κ2) is 8.43. The van der Waals surface area contributed by atoms with Gasteiger partial charge < -0.3 is 4.74 Å². The molecule has 2 aromatic rings. The van der Waals surface area contributed by atoms with Crippen LogP contribution in [0, 0.1) is 0 Å². The molecule has 0 bridgehead atoms. The average Bonchev–Trinajstić information content (AvgIpc) is 3.21. The third-order valence-corrected chi connectivity index (χ3v) is 4.46. The van der Waals surface area contributed by atoms with Gasteiger partial charge in [-0.05, 0) is 48.6 Å². The van der Waals surface area contributed by atoms with Crippen LogP contribution in [0.1, 0.15) is 39.9 Å². The molecule has 5 nitrogen and oxygen atoms in total. The van der Waals surface area contributed by atoms with Crippen LogP contribution in [-0.4, -0.2) is 24.5 Å². The van der Waals surface area contributed by atoms with Gasteiger partial charge in [0.2, 0.25) is 0 Å². The largest absolute Gasteiger partial charge is 0.416 e. The number of carbonyl (C=O) groups is 2. The zero-order chi connectivity index (χ0) is 20.1. The third-order valence-electron chi connectivity index (χ3n) is 4.46. The Hall–Kier alpha value is -2.87. The molecule has 0 saturated carbocycles. The zero-order valence-electron chi connectivity index (χ0n) is 14.9. The Morgan fingerprint density at radius 2 is 1.75 bits per heavy atom. The van der Waals surface area contributed by atoms with E-state index in [-0.39, 0.29) is 6.42 Å². The van der Waals surface area contributed by atoms with E-state index in [9.17, 15) is 22.8 Å². The predicted molar refractivity (Wildman–Crippen MR) is 95.3 cm³/mol. The molecule has 2 aromatic carbocycles. The van der Waals surface area contributed by atoms with Crippen molar-refractivity contribution in [3.63, 3.8) is 0 Å². The maximum atomic E-state index is 12.7. The van der Waals surface area contributed by atoms with Crippen molar-refractivity contribution in [3.05, 3.63) is 70.8 Å². The number of carbonyl (C=O) groups excluding carboxylic acids is 2. The monoisotopic (exact) mass is 392 g/mol. The first-order valence-electron chi connectivity index (χ1n) is 8.80. The lowest BCUT2D eigenvalue weighted by molar-refractivity contribution is -0.137. The van der Waals surface area contributed by atoms with Gasteiger partial charge in [-0.15, -0.1) is 0 Å². The van der Waals surface area contributed by atoms with Gasteiger partial charge in [0.1, 0.15) is 6.10 Å². The summed E-state index contributed by atoms with van der Waals surface area (Å²) in [5.41, 5.74) is 5.59. The summed E-state index contributed by atoms with van der Waals surface area (Å²) >= 11 is 0. The lowest BCUT2D eigenvalue weighted by Crippen LogP contribution is -2.46. The minimum atomic E-state index is -4.39. The molecule has 1 atom stereocenters. The van der Waals surface area contributed by atoms with Crippen LogP contribution in [0.3, 0.4) is 0 Å². The van der Waals surface area contributed by atoms with Crippen molar-refractivity contribution >= 4 is 11.8 Å². The molecule has 0 aliphatic carbocycles. The highest BCUT2D eigenvalue weighted by Crippen LogP contribution is 2.29. The number of benzene rings is 2. The number of ether oxygens (including phenoxy) is 1. The summed E-state index contributed by atoms with van der Waals surface area (Å²) < 4.78 is 43.3. The Balaban J connectivity index is 1.66. The molecule has 2 amide bonds. The summed E-state index contributed by atoms with van der Waals surface area (Å²) in [5.74, 6) is -0.917. The number of alkyl halides is 3. The van der Waals surface area contributed by atoms with Crippen molar-refractivity contribution in [1.29, 1.82) is 0 Å². The molecule has 0 radical (unpaired) electrons. The van der Waals surface area contributed by atoms with Crippen LogP contribution in [0.15, 0.2) is 48.5 Å². The predicted octanol–water partition coefficient (Wildman–Crippen LogP) is 3.24. The number of hydrazine groups is 1. The molecule has 28 heavy (non-hydrogen) atoms. The maximum Gasteiger partial charge on any atom is 0.416 e. The van der Waals surface area contributed by atoms with Crippen molar-refractivity contribution in [2.45, 2.75) is 31.5 Å². The van der Waals surface area contributed by atoms with Gasteiger partial charge in [0.25, 0.3) is 11.8 Å². The minimum absolute atomic E-state index is 0.279. The van der Waals surface area contributed by atoms with Crippen LogP contribution in [0.4, 0.5) is 13.2 Å². The van der Waals surface area contributed by atoms with E-state index in [0.29, 0.717) is 29.7 Å². The Labute approximate surface area is 159 Å². The van der Waals surface area contributed by atoms with Crippen molar-refractivity contribution in [2.75, 3.05) is 6.61 Å². The number of amides is 2. The zero-order valence-corrected chi connectivity index (χ0v) is 14.9. The number of hydrogen-bond acceptors (Lipinski definition) is 3. The Morgan fingerprint density at radius 1 is 1.04 bits per heavy atom. The molecule has 1 saturated heterocycles. The van der Waals surface area contributed by atoms with E-state index in [0.717, 1.165) is 18.6 Å². The van der Waals surface area contributed by atoms with Crippen LogP contribution >= 0.6 is 0 Å². The molecule has 1 fully saturated rings. The van der Waals surface area contributed by atoms with Crippen LogP contribution < -0.4 is 10.9 Å². The van der Waals surface area contributed by atoms with Crippen molar-refractivity contribution in [1.82, 2.24) is 10.9 Å². The second-order valence-electron chi connectivity index (χ2n) is 6.47. The molecule has 1 aliphatic heterocycles. The van der Waals surface area contributed by atoms with Crippen LogP contribution in [-0.2, 0) is 22.1 Å². The molecule has 8 heteroatoms. The highest BCUT2D eigenvalue weighted by molar-refractivity contribution is 5.97. The molecular formula is C20H19F3N2O3. The summed E-state index contributed by atoms with van der Waals surface area (Å²) in [6, 6.07) is 11.5. The second-order valence-corrected chi connectivity index (χ2v) is 6.47. The van der Waals surface area contributed by atoms with E-state index in [1.165, 1.54) is 12.1 Å². The fourth-order valence-electron chi connectivity index (χ4n) is 2.98. The van der Waals surface area contributed by atoms with Gasteiger partial charge >= 0.3 is 6.18 Å². The number of halogens is 3. The van der Waals surface area contributed by atoms with E-state index in [2.05, 4.69) is 10.9 Å². The maximum absolute atomic E-state index is 12.7. The summed E-state index contributed by atoms with van der Waals surface area (Å²) in [6.45, 7) is 0.516. The highest BCUT2D eigenvalue weighted by atomic mass is 19.4. The molecule has 0 aromatic heterocycles. The lowest BCUT2D eigenvalue weighted by atomic mass is 9.98. The number of hydrogen-bond donors (Lipinski definition) is 2. The summed E-state index contributed by atoms with van der Waals surface area (Å²) in [5, 5.41) is 0. The van der Waals surface area contributed by atoms with E-state index in [1.54, 1.807) is 24.3 Å². The van der Waals surface area contributed by atoms with Crippen LogP contribution in [0.2, 0.25) is 0 Å². The van der Waals surface area contributed by atoms with E-state index in [4.69, 9.17) is 4.74 Å². The topological polar surface area (TPSA) is 67.4 Å². The van der Waals surface area contributed by atoms with E-state index >= 15 is 0 Å². The van der Waals surface area contributed by atoms with Gasteiger partial charge in [-0.25, -0.2) is 0 Å². The molecule has 3 rings (SSSR count). The van der Waals surface area contributed by atoms with Gasteiger partial charge in [0.15, 0.2) is 0 Å². The number of nitrogens with one attached hydrogen (secondary N) is 2. The molecule has 1 heterocycles. The molecule has 0 spiro atoms. The SMILES string of the molecule is O=C(NNC(=O)C1CCCO1)c1ccccc1Cc1ccc(C(F)(F)F)cc1. The Morgan fingerprint density at radius 3 is 2.39 bits per heavy atom. The van der Waals surface area contributed by atoms with Crippen molar-refractivity contribution < 1.29 is 27.5 Å². The van der Waals surface area contributed by atoms with Crippen molar-refractivity contribution in [2.24, 2.45) is 0 Å². The van der Waals surface area contributed by atoms with E-state index in [1.807, 2.05) is 0 Å². The molecule has 2 N–H and O–H groups in total. The van der Waals surface area contributed by atoms with E-state index < -0.39 is 29.7 Å². The fraction of sp³-hybridized carbons (Fsp3) is 0.300. The summed E-state index contributed by atoms with van der Waals surface area (Å²) in [6.07, 6.45) is -3.28. The van der Waals surface area contributed by atoms with Crippen molar-refractivity contribution in [3.8, 4) is 0 Å².